The molecule has 19 heavy (non-hydrogen) atoms. The Morgan fingerprint density at radius 3 is 2.53 bits per heavy atom. The lowest BCUT2D eigenvalue weighted by Gasteiger charge is -2.07. The van der Waals surface area contributed by atoms with E-state index in [-0.39, 0.29) is 11.0 Å². The summed E-state index contributed by atoms with van der Waals surface area (Å²) in [7, 11) is 0. The molecule has 0 spiro atoms. The number of rotatable bonds is 2. The van der Waals surface area contributed by atoms with Gasteiger partial charge in [-0.1, -0.05) is 17.7 Å². The Bertz CT molecular complexity index is 605. The number of thiocarbonyl (C=S) groups is 1. The predicted octanol–water partition coefficient (Wildman–Crippen LogP) is 2.89. The minimum atomic E-state index is -0.231. The third-order valence-electron chi connectivity index (χ3n) is 2.38. The van der Waals surface area contributed by atoms with Crippen LogP contribution in [0.5, 0.6) is 0 Å². The van der Waals surface area contributed by atoms with E-state index in [4.69, 9.17) is 12.2 Å². The van der Waals surface area contributed by atoms with Crippen molar-refractivity contribution >= 4 is 39.7 Å². The highest BCUT2D eigenvalue weighted by Gasteiger charge is 2.08. The first-order valence-electron chi connectivity index (χ1n) is 5.66. The Morgan fingerprint density at radius 1 is 1.26 bits per heavy atom. The number of hydrogen-bond donors (Lipinski definition) is 2. The number of aryl methyl sites for hydroxylation is 2. The lowest BCUT2D eigenvalue weighted by atomic mass is 10.1. The van der Waals surface area contributed by atoms with E-state index in [0.717, 1.165) is 11.3 Å². The van der Waals surface area contributed by atoms with Crippen LogP contribution in [-0.4, -0.2) is 16.0 Å². The van der Waals surface area contributed by atoms with Crippen LogP contribution >= 0.6 is 23.6 Å². The van der Waals surface area contributed by atoms with Crippen molar-refractivity contribution in [1.82, 2.24) is 10.3 Å². The fourth-order valence-corrected chi connectivity index (χ4v) is 2.37. The maximum atomic E-state index is 11.9. The monoisotopic (exact) mass is 291 g/mol. The molecule has 0 atom stereocenters. The lowest BCUT2D eigenvalue weighted by Crippen LogP contribution is -2.34. The van der Waals surface area contributed by atoms with Crippen molar-refractivity contribution in [2.45, 2.75) is 13.8 Å². The molecule has 0 fully saturated rings. The minimum absolute atomic E-state index is 0.231. The second kappa shape index (κ2) is 5.90. The van der Waals surface area contributed by atoms with Gasteiger partial charge in [-0.25, -0.2) is 4.98 Å². The summed E-state index contributed by atoms with van der Waals surface area (Å²) in [4.78, 5) is 16.1. The summed E-state index contributed by atoms with van der Waals surface area (Å²) in [5, 5.41) is 8.34. The van der Waals surface area contributed by atoms with Crippen molar-refractivity contribution in [1.29, 1.82) is 0 Å². The number of nitrogens with one attached hydrogen (secondary N) is 2. The molecular formula is C13H13N3OS2. The van der Waals surface area contributed by atoms with Crippen LogP contribution in [0.15, 0.2) is 29.6 Å². The van der Waals surface area contributed by atoms with Crippen molar-refractivity contribution in [3.8, 4) is 0 Å². The van der Waals surface area contributed by atoms with E-state index in [1.165, 1.54) is 11.3 Å². The molecule has 4 nitrogen and oxygen atoms in total. The van der Waals surface area contributed by atoms with Crippen LogP contribution in [-0.2, 0) is 0 Å². The van der Waals surface area contributed by atoms with Crippen molar-refractivity contribution in [2.24, 2.45) is 0 Å². The van der Waals surface area contributed by atoms with Gasteiger partial charge in [-0.2, -0.15) is 0 Å². The zero-order valence-corrected chi connectivity index (χ0v) is 12.2. The van der Waals surface area contributed by atoms with E-state index in [9.17, 15) is 4.79 Å². The van der Waals surface area contributed by atoms with Gasteiger partial charge in [0.2, 0.25) is 0 Å². The molecule has 0 radical (unpaired) electrons. The zero-order chi connectivity index (χ0) is 13.8. The van der Waals surface area contributed by atoms with Crippen molar-refractivity contribution in [3.05, 3.63) is 46.5 Å². The standard InChI is InChI=1S/C13H13N3OS2/c1-8-3-5-10(6-4-8)11(17)15-12(18)16-13-14-9(2)7-19-13/h3-7H,1-2H3,(H2,14,15,16,17,18). The van der Waals surface area contributed by atoms with Crippen molar-refractivity contribution in [2.75, 3.05) is 5.32 Å². The average molecular weight is 291 g/mol. The van der Waals surface area contributed by atoms with E-state index in [2.05, 4.69) is 15.6 Å². The molecule has 98 valence electrons. The maximum absolute atomic E-state index is 11.9. The van der Waals surface area contributed by atoms with Gasteiger partial charge < -0.3 is 5.32 Å². The maximum Gasteiger partial charge on any atom is 0.257 e. The Labute approximate surface area is 120 Å². The van der Waals surface area contributed by atoms with Crippen LogP contribution in [0.4, 0.5) is 5.13 Å². The Hall–Kier alpha value is -1.79. The molecule has 1 aromatic carbocycles. The molecule has 1 heterocycles. The normalized spacial score (nSPS) is 10.0. The van der Waals surface area contributed by atoms with Crippen LogP contribution in [0.1, 0.15) is 21.6 Å². The number of anilines is 1. The molecule has 6 heteroatoms. The molecule has 0 unspecified atom stereocenters. The number of nitrogens with zero attached hydrogens (tertiary/aromatic N) is 1. The van der Waals surface area contributed by atoms with Crippen LogP contribution in [0.25, 0.3) is 0 Å². The fourth-order valence-electron chi connectivity index (χ4n) is 1.42. The summed E-state index contributed by atoms with van der Waals surface area (Å²) < 4.78 is 0. The third-order valence-corrected chi connectivity index (χ3v) is 3.46. The molecule has 0 aliphatic heterocycles. The molecule has 0 saturated heterocycles. The number of carbonyl (C=O) groups is 1. The Balaban J connectivity index is 1.95. The second-order valence-corrected chi connectivity index (χ2v) is 5.33. The summed E-state index contributed by atoms with van der Waals surface area (Å²) in [6.07, 6.45) is 0. The molecule has 2 N–H and O–H groups in total. The third kappa shape index (κ3) is 3.84. The minimum Gasteiger partial charge on any atom is -0.308 e. The molecule has 2 aromatic rings. The van der Waals surface area contributed by atoms with Gasteiger partial charge in [-0.05, 0) is 38.2 Å². The average Bonchev–Trinajstić information content (AvgIpc) is 2.75. The summed E-state index contributed by atoms with van der Waals surface area (Å²) >= 11 is 6.51. The van der Waals surface area contributed by atoms with E-state index in [0.29, 0.717) is 10.7 Å². The van der Waals surface area contributed by atoms with E-state index in [1.54, 1.807) is 12.1 Å². The van der Waals surface area contributed by atoms with Gasteiger partial charge in [0.15, 0.2) is 10.2 Å². The van der Waals surface area contributed by atoms with Crippen LogP contribution in [0, 0.1) is 13.8 Å². The molecule has 2 rings (SSSR count). The zero-order valence-electron chi connectivity index (χ0n) is 10.6. The molecular weight excluding hydrogens is 278 g/mol. The van der Waals surface area contributed by atoms with Gasteiger partial charge >= 0.3 is 0 Å². The molecule has 0 saturated carbocycles. The number of amides is 1. The number of aromatic nitrogens is 1. The lowest BCUT2D eigenvalue weighted by molar-refractivity contribution is 0.0978. The van der Waals surface area contributed by atoms with Gasteiger partial charge in [0.05, 0.1) is 5.69 Å². The summed E-state index contributed by atoms with van der Waals surface area (Å²) in [6, 6.07) is 7.30. The second-order valence-electron chi connectivity index (χ2n) is 4.07. The number of thiazole rings is 1. The van der Waals surface area contributed by atoms with Gasteiger partial charge in [0.25, 0.3) is 5.91 Å². The molecule has 0 bridgehead atoms. The fraction of sp³-hybridized carbons (Fsp3) is 0.154. The van der Waals surface area contributed by atoms with E-state index >= 15 is 0 Å². The smallest absolute Gasteiger partial charge is 0.257 e. The molecule has 0 aliphatic rings. The van der Waals surface area contributed by atoms with E-state index in [1.807, 2.05) is 31.4 Å². The SMILES string of the molecule is Cc1ccc(C(=O)NC(=S)Nc2nc(C)cs2)cc1. The largest absolute Gasteiger partial charge is 0.308 e. The summed E-state index contributed by atoms with van der Waals surface area (Å²) in [6.45, 7) is 3.87. The Kier molecular flexibility index (Phi) is 4.24. The number of benzene rings is 1. The highest BCUT2D eigenvalue weighted by atomic mass is 32.1. The molecule has 1 aromatic heterocycles. The van der Waals surface area contributed by atoms with Gasteiger partial charge in [-0.15, -0.1) is 11.3 Å². The van der Waals surface area contributed by atoms with Gasteiger partial charge in [0.1, 0.15) is 0 Å². The predicted molar refractivity (Wildman–Crippen MR) is 81.7 cm³/mol. The quantitative estimate of drug-likeness (QED) is 0.835. The first-order chi connectivity index (χ1) is 9.04. The van der Waals surface area contributed by atoms with Gasteiger partial charge in [-0.3, -0.25) is 10.1 Å². The first kappa shape index (κ1) is 13.6. The van der Waals surface area contributed by atoms with Crippen molar-refractivity contribution in [3.63, 3.8) is 0 Å². The van der Waals surface area contributed by atoms with Crippen LogP contribution in [0.2, 0.25) is 0 Å². The highest BCUT2D eigenvalue weighted by molar-refractivity contribution is 7.80. The van der Waals surface area contributed by atoms with Crippen LogP contribution in [0.3, 0.4) is 0 Å². The summed E-state index contributed by atoms with van der Waals surface area (Å²) in [5.41, 5.74) is 2.60. The van der Waals surface area contributed by atoms with Crippen LogP contribution < -0.4 is 10.6 Å². The van der Waals surface area contributed by atoms with Crippen molar-refractivity contribution < 1.29 is 4.79 Å². The molecule has 1 amide bonds. The first-order valence-corrected chi connectivity index (χ1v) is 6.94. The van der Waals surface area contributed by atoms with E-state index < -0.39 is 0 Å². The van der Waals surface area contributed by atoms with Gasteiger partial charge in [0, 0.05) is 10.9 Å². The highest BCUT2D eigenvalue weighted by Crippen LogP contribution is 2.14. The topological polar surface area (TPSA) is 54.0 Å². The summed E-state index contributed by atoms with van der Waals surface area (Å²) in [5.74, 6) is -0.231. The Morgan fingerprint density at radius 2 is 1.95 bits per heavy atom. The molecule has 0 aliphatic carbocycles. The number of hydrogen-bond acceptors (Lipinski definition) is 4. The number of carbonyl (C=O) groups excluding carboxylic acids is 1.